The molecule has 134 valence electrons. The highest BCUT2D eigenvalue weighted by Crippen LogP contribution is 2.64. The van der Waals surface area contributed by atoms with Crippen molar-refractivity contribution in [3.05, 3.63) is 0 Å². The van der Waals surface area contributed by atoms with E-state index in [1.54, 1.807) is 0 Å². The van der Waals surface area contributed by atoms with E-state index in [1.807, 2.05) is 7.05 Å². The van der Waals surface area contributed by atoms with Crippen LogP contribution in [0.2, 0.25) is 0 Å². The molecule has 1 aliphatic heterocycles. The molecule has 0 radical (unpaired) electrons. The van der Waals surface area contributed by atoms with Crippen LogP contribution in [0.3, 0.4) is 0 Å². The molecule has 24 heavy (non-hydrogen) atoms. The fraction of sp³-hybridized carbons (Fsp3) is 0.900. The summed E-state index contributed by atoms with van der Waals surface area (Å²) >= 11 is 0. The van der Waals surface area contributed by atoms with Gasteiger partial charge < -0.3 is 10.2 Å². The van der Waals surface area contributed by atoms with Gasteiger partial charge >= 0.3 is 0 Å². The average molecular weight is 332 g/mol. The lowest BCUT2D eigenvalue weighted by Crippen LogP contribution is -2.61. The van der Waals surface area contributed by atoms with Crippen molar-refractivity contribution in [1.29, 1.82) is 0 Å². The highest BCUT2D eigenvalue weighted by Gasteiger charge is 2.61. The normalized spacial score (nSPS) is 50.7. The number of carbonyl (C=O) groups is 2. The van der Waals surface area contributed by atoms with Gasteiger partial charge in [-0.2, -0.15) is 0 Å². The smallest absolute Gasteiger partial charge is 0.222 e. The zero-order valence-corrected chi connectivity index (χ0v) is 15.4. The van der Waals surface area contributed by atoms with E-state index in [0.717, 1.165) is 49.8 Å². The minimum absolute atomic E-state index is 0.279. The summed E-state index contributed by atoms with van der Waals surface area (Å²) in [5.74, 6) is 2.62. The number of nitrogens with one attached hydrogen (secondary N) is 1. The van der Waals surface area contributed by atoms with Crippen molar-refractivity contribution in [1.82, 2.24) is 10.2 Å². The Balaban J connectivity index is 1.62. The van der Waals surface area contributed by atoms with Gasteiger partial charge in [-0.05, 0) is 73.5 Å². The molecule has 1 unspecified atom stereocenters. The average Bonchev–Trinajstić information content (AvgIpc) is 2.89. The molecule has 0 aromatic rings. The van der Waals surface area contributed by atoms with Crippen molar-refractivity contribution in [3.8, 4) is 0 Å². The lowest BCUT2D eigenvalue weighted by molar-refractivity contribution is -0.157. The van der Waals surface area contributed by atoms with E-state index in [9.17, 15) is 9.59 Å². The molecule has 0 aromatic heterocycles. The van der Waals surface area contributed by atoms with E-state index in [-0.39, 0.29) is 5.41 Å². The molecule has 1 saturated heterocycles. The summed E-state index contributed by atoms with van der Waals surface area (Å²) in [6.45, 7) is 4.89. The minimum Gasteiger partial charge on any atom is -0.355 e. The van der Waals surface area contributed by atoms with E-state index >= 15 is 0 Å². The number of fused-ring (bicyclic) bond motifs is 5. The molecule has 0 bridgehead atoms. The molecule has 0 aromatic carbocycles. The Morgan fingerprint density at radius 2 is 1.79 bits per heavy atom. The van der Waals surface area contributed by atoms with Crippen LogP contribution in [0, 0.1) is 28.6 Å². The number of piperidine rings is 1. The van der Waals surface area contributed by atoms with Crippen LogP contribution in [-0.2, 0) is 9.59 Å². The molecular weight excluding hydrogens is 300 g/mol. The van der Waals surface area contributed by atoms with Crippen LogP contribution in [0.1, 0.15) is 65.2 Å². The molecule has 7 atom stereocenters. The molecule has 4 fully saturated rings. The monoisotopic (exact) mass is 332 g/mol. The molecule has 3 aliphatic carbocycles. The number of carbonyl (C=O) groups excluding carboxylic acids is 2. The first-order valence-corrected chi connectivity index (χ1v) is 9.87. The number of hydrogen-bond donors (Lipinski definition) is 1. The van der Waals surface area contributed by atoms with Gasteiger partial charge in [0.15, 0.2) is 0 Å². The maximum atomic E-state index is 12.2. The van der Waals surface area contributed by atoms with Crippen LogP contribution >= 0.6 is 0 Å². The Morgan fingerprint density at radius 3 is 2.54 bits per heavy atom. The Bertz CT molecular complexity index is 550. The van der Waals surface area contributed by atoms with Gasteiger partial charge in [0, 0.05) is 25.6 Å². The molecular formula is C20H32N2O2. The summed E-state index contributed by atoms with van der Waals surface area (Å²) in [5.41, 5.74) is 0.574. The number of rotatable bonds is 2. The number of amides is 2. The third-order valence-corrected chi connectivity index (χ3v) is 8.83. The molecule has 4 heteroatoms. The number of nitrogens with zero attached hydrogens (tertiary/aromatic N) is 1. The summed E-state index contributed by atoms with van der Waals surface area (Å²) in [7, 11) is 2.03. The Kier molecular flexibility index (Phi) is 3.74. The topological polar surface area (TPSA) is 49.4 Å². The van der Waals surface area contributed by atoms with E-state index in [2.05, 4.69) is 24.1 Å². The Hall–Kier alpha value is -1.06. The fourth-order valence-corrected chi connectivity index (χ4v) is 7.51. The van der Waals surface area contributed by atoms with Crippen molar-refractivity contribution in [2.24, 2.45) is 28.6 Å². The predicted molar refractivity (Wildman–Crippen MR) is 93.2 cm³/mol. The van der Waals surface area contributed by atoms with Crippen molar-refractivity contribution >= 4 is 12.3 Å². The van der Waals surface area contributed by atoms with Crippen LogP contribution < -0.4 is 5.32 Å². The highest BCUT2D eigenvalue weighted by atomic mass is 16.2. The lowest BCUT2D eigenvalue weighted by Gasteiger charge is -2.61. The Labute approximate surface area is 145 Å². The van der Waals surface area contributed by atoms with Gasteiger partial charge in [0.05, 0.1) is 0 Å². The lowest BCUT2D eigenvalue weighted by atomic mass is 9.47. The fourth-order valence-electron chi connectivity index (χ4n) is 7.51. The zero-order valence-electron chi connectivity index (χ0n) is 15.4. The first-order chi connectivity index (χ1) is 11.4. The van der Waals surface area contributed by atoms with Crippen LogP contribution in [-0.4, -0.2) is 36.3 Å². The summed E-state index contributed by atoms with van der Waals surface area (Å²) in [6.07, 6.45) is 10.0. The predicted octanol–water partition coefficient (Wildman–Crippen LogP) is 2.96. The van der Waals surface area contributed by atoms with Gasteiger partial charge in [-0.1, -0.05) is 13.8 Å². The highest BCUT2D eigenvalue weighted by molar-refractivity contribution is 5.77. The molecule has 3 saturated carbocycles. The van der Waals surface area contributed by atoms with Gasteiger partial charge in [0.2, 0.25) is 12.3 Å². The van der Waals surface area contributed by atoms with Crippen molar-refractivity contribution in [2.45, 2.75) is 77.3 Å². The van der Waals surface area contributed by atoms with Gasteiger partial charge in [-0.15, -0.1) is 0 Å². The van der Waals surface area contributed by atoms with E-state index in [4.69, 9.17) is 0 Å². The van der Waals surface area contributed by atoms with Crippen LogP contribution in [0.25, 0.3) is 0 Å². The molecule has 1 N–H and O–H groups in total. The molecule has 4 aliphatic rings. The maximum Gasteiger partial charge on any atom is 0.222 e. The number of hydrogen-bond acceptors (Lipinski definition) is 2. The largest absolute Gasteiger partial charge is 0.355 e. The first-order valence-electron chi connectivity index (χ1n) is 9.87. The Morgan fingerprint density at radius 1 is 1.04 bits per heavy atom. The minimum atomic E-state index is 0.279. The molecule has 4 nitrogen and oxygen atoms in total. The standard InChI is InChI=1S/C20H32N2O2/c1-19-10-8-15-13(14(19)5-6-16(19)21-12-23)4-7-17-20(15,2)11-9-18(24)22(17)3/h12-17H,4-11H2,1-3H3,(H,21,23)/t13-,14-,15-,16?,17+,19-,20+/m0/s1. The third-order valence-electron chi connectivity index (χ3n) is 8.83. The van der Waals surface area contributed by atoms with Crippen LogP contribution in [0.15, 0.2) is 0 Å². The summed E-state index contributed by atoms with van der Waals surface area (Å²) in [5, 5.41) is 3.12. The quantitative estimate of drug-likeness (QED) is 0.790. The van der Waals surface area contributed by atoms with Crippen molar-refractivity contribution in [2.75, 3.05) is 7.05 Å². The molecule has 0 spiro atoms. The first kappa shape index (κ1) is 16.4. The zero-order chi connectivity index (χ0) is 17.1. The van der Waals surface area contributed by atoms with Gasteiger partial charge in [0.1, 0.15) is 0 Å². The second-order valence-corrected chi connectivity index (χ2v) is 9.44. The summed E-state index contributed by atoms with van der Waals surface area (Å²) in [4.78, 5) is 25.3. The summed E-state index contributed by atoms with van der Waals surface area (Å²) < 4.78 is 0. The maximum absolute atomic E-state index is 12.2. The molecule has 1 heterocycles. The van der Waals surface area contributed by atoms with Crippen molar-refractivity contribution < 1.29 is 9.59 Å². The second kappa shape index (κ2) is 5.47. The van der Waals surface area contributed by atoms with E-state index < -0.39 is 0 Å². The van der Waals surface area contributed by atoms with E-state index in [0.29, 0.717) is 23.4 Å². The van der Waals surface area contributed by atoms with Crippen LogP contribution in [0.4, 0.5) is 0 Å². The van der Waals surface area contributed by atoms with Crippen LogP contribution in [0.5, 0.6) is 0 Å². The molecule has 2 amide bonds. The molecule has 4 rings (SSSR count). The SMILES string of the molecule is CN1C(=O)CC[C@]2(C)[C@H]3CC[C@]4(C)C(NC=O)CC[C@H]4[C@@H]3CC[C@@H]12. The second-order valence-electron chi connectivity index (χ2n) is 9.44. The van der Waals surface area contributed by atoms with Gasteiger partial charge in [0.25, 0.3) is 0 Å². The van der Waals surface area contributed by atoms with Crippen molar-refractivity contribution in [3.63, 3.8) is 0 Å². The van der Waals surface area contributed by atoms with Gasteiger partial charge in [-0.25, -0.2) is 0 Å². The third kappa shape index (κ3) is 2.04. The summed E-state index contributed by atoms with van der Waals surface area (Å²) in [6, 6.07) is 0.803. The van der Waals surface area contributed by atoms with Gasteiger partial charge in [-0.3, -0.25) is 9.59 Å². The van der Waals surface area contributed by atoms with E-state index in [1.165, 1.54) is 25.7 Å². The number of likely N-dealkylation sites (tertiary alicyclic amines) is 1.